The highest BCUT2D eigenvalue weighted by molar-refractivity contribution is 7.90. The summed E-state index contributed by atoms with van der Waals surface area (Å²) in [6, 6.07) is 6.61. The number of rotatable bonds is 2. The number of alkyl halides is 6. The van der Waals surface area contributed by atoms with Crippen molar-refractivity contribution in [1.29, 1.82) is 0 Å². The molecule has 0 bridgehead atoms. The average molecular weight is 592 g/mol. The number of carbonyl (C=O) groups is 2. The van der Waals surface area contributed by atoms with Gasteiger partial charge in [-0.15, -0.1) is 0 Å². The van der Waals surface area contributed by atoms with Gasteiger partial charge < -0.3 is 20.3 Å². The number of carboxylic acid groups (broad SMARTS) is 2. The molecule has 0 unspecified atom stereocenters. The second-order valence-corrected chi connectivity index (χ2v) is 9.26. The molecule has 1 aliphatic heterocycles. The molecule has 3 N–H and O–H groups in total. The van der Waals surface area contributed by atoms with Gasteiger partial charge in [-0.2, -0.15) is 26.3 Å². The minimum absolute atomic E-state index is 0.114. The third-order valence-corrected chi connectivity index (χ3v) is 6.41. The first-order chi connectivity index (χ1) is 17.5. The van der Waals surface area contributed by atoms with E-state index in [0.29, 0.717) is 29.1 Å². The van der Waals surface area contributed by atoms with Crippen LogP contribution in [0.4, 0.5) is 26.3 Å². The summed E-state index contributed by atoms with van der Waals surface area (Å²) in [7, 11) is -3.77. The van der Waals surface area contributed by atoms with Crippen molar-refractivity contribution in [2.24, 2.45) is 0 Å². The number of aromatic nitrogens is 2. The molecule has 10 nitrogen and oxygen atoms in total. The molecule has 2 aromatic heterocycles. The van der Waals surface area contributed by atoms with E-state index in [1.165, 1.54) is 28.6 Å². The molecule has 3 heterocycles. The van der Waals surface area contributed by atoms with Gasteiger partial charge in [0.1, 0.15) is 17.3 Å². The van der Waals surface area contributed by atoms with Crippen LogP contribution in [0.15, 0.2) is 47.8 Å². The number of carboxylic acids is 2. The largest absolute Gasteiger partial charge is 0.492 e. The molecule has 38 heavy (non-hydrogen) atoms. The molecule has 0 aliphatic carbocycles. The van der Waals surface area contributed by atoms with E-state index in [0.717, 1.165) is 17.9 Å². The molecule has 0 spiro atoms. The molecule has 1 aliphatic rings. The number of pyridine rings is 1. The van der Waals surface area contributed by atoms with E-state index in [2.05, 4.69) is 10.3 Å². The summed E-state index contributed by atoms with van der Waals surface area (Å²) in [6.07, 6.45) is -5.88. The van der Waals surface area contributed by atoms with Crippen molar-refractivity contribution in [3.05, 3.63) is 53.4 Å². The molecule has 4 rings (SSSR count). The molecular formula is C20H16ClF6N3O7S. The van der Waals surface area contributed by atoms with Crippen LogP contribution < -0.4 is 10.1 Å². The van der Waals surface area contributed by atoms with Crippen LogP contribution in [0, 0.1) is 0 Å². The smallest absolute Gasteiger partial charge is 0.490 e. The molecule has 0 atom stereocenters. The normalized spacial score (nSPS) is 13.6. The van der Waals surface area contributed by atoms with Gasteiger partial charge >= 0.3 is 24.3 Å². The fourth-order valence-corrected chi connectivity index (χ4v) is 4.57. The number of nitrogens with one attached hydrogen (secondary N) is 1. The van der Waals surface area contributed by atoms with E-state index in [1.807, 2.05) is 0 Å². The van der Waals surface area contributed by atoms with Crippen LogP contribution in [-0.2, 0) is 26.2 Å². The number of nitrogens with zero attached hydrogens (tertiary/aromatic N) is 2. The summed E-state index contributed by atoms with van der Waals surface area (Å²) in [5, 5.41) is 18.6. The third kappa shape index (κ3) is 7.48. The van der Waals surface area contributed by atoms with Gasteiger partial charge in [0.15, 0.2) is 0 Å². The molecule has 0 amide bonds. The third-order valence-electron chi connectivity index (χ3n) is 4.47. The maximum atomic E-state index is 12.9. The minimum Gasteiger partial charge on any atom is -0.492 e. The lowest BCUT2D eigenvalue weighted by atomic mass is 10.1. The fraction of sp³-hybridized carbons (Fsp3) is 0.250. The first-order valence-corrected chi connectivity index (χ1v) is 11.7. The summed E-state index contributed by atoms with van der Waals surface area (Å²) < 4.78 is 96.2. The Morgan fingerprint density at radius 3 is 2.13 bits per heavy atom. The van der Waals surface area contributed by atoms with Crippen LogP contribution in [0.2, 0.25) is 5.02 Å². The number of hydrogen-bond donors (Lipinski definition) is 3. The Hall–Kier alpha value is -3.57. The van der Waals surface area contributed by atoms with Crippen LogP contribution in [0.25, 0.3) is 10.9 Å². The number of hydrogen-bond acceptors (Lipinski definition) is 7. The fourth-order valence-electron chi connectivity index (χ4n) is 2.87. The predicted octanol–water partition coefficient (Wildman–Crippen LogP) is 3.68. The zero-order valence-electron chi connectivity index (χ0n) is 18.5. The first-order valence-electron chi connectivity index (χ1n) is 9.89. The van der Waals surface area contributed by atoms with Gasteiger partial charge in [0.2, 0.25) is 0 Å². The van der Waals surface area contributed by atoms with Gasteiger partial charge in [-0.05, 0) is 24.3 Å². The Morgan fingerprint density at radius 2 is 1.63 bits per heavy atom. The highest BCUT2D eigenvalue weighted by Crippen LogP contribution is 2.36. The van der Waals surface area contributed by atoms with Gasteiger partial charge in [0.05, 0.1) is 10.5 Å². The Labute approximate surface area is 214 Å². The van der Waals surface area contributed by atoms with Crippen molar-refractivity contribution < 1.29 is 59.3 Å². The second-order valence-electron chi connectivity index (χ2n) is 7.03. The van der Waals surface area contributed by atoms with Crippen LogP contribution in [0.1, 0.15) is 5.56 Å². The van der Waals surface area contributed by atoms with Crippen molar-refractivity contribution >= 4 is 44.5 Å². The number of ether oxygens (including phenoxy) is 1. The van der Waals surface area contributed by atoms with Crippen molar-refractivity contribution in [1.82, 2.24) is 14.3 Å². The van der Waals surface area contributed by atoms with Gasteiger partial charge in [-0.25, -0.2) is 22.0 Å². The van der Waals surface area contributed by atoms with Crippen molar-refractivity contribution in [2.45, 2.75) is 23.8 Å². The molecule has 208 valence electrons. The second kappa shape index (κ2) is 11.9. The lowest BCUT2D eigenvalue weighted by Crippen LogP contribution is -2.21. The Kier molecular flexibility index (Phi) is 9.57. The molecular weight excluding hydrogens is 576 g/mol. The Balaban J connectivity index is 0.000000301. The Morgan fingerprint density at radius 1 is 1.05 bits per heavy atom. The van der Waals surface area contributed by atoms with Crippen LogP contribution >= 0.6 is 11.6 Å². The average Bonchev–Trinajstić information content (AvgIpc) is 3.00. The molecule has 0 fully saturated rings. The van der Waals surface area contributed by atoms with Gasteiger partial charge in [0, 0.05) is 42.6 Å². The number of aliphatic carboxylic acids is 2. The maximum Gasteiger partial charge on any atom is 0.490 e. The summed E-state index contributed by atoms with van der Waals surface area (Å²) in [5.41, 5.74) is 1.39. The monoisotopic (exact) mass is 591 g/mol. The predicted molar refractivity (Wildman–Crippen MR) is 118 cm³/mol. The molecule has 18 heteroatoms. The lowest BCUT2D eigenvalue weighted by Gasteiger charge is -2.10. The van der Waals surface area contributed by atoms with E-state index < -0.39 is 34.3 Å². The first kappa shape index (κ1) is 30.7. The quantitative estimate of drug-likeness (QED) is 0.380. The topological polar surface area (TPSA) is 148 Å². The van der Waals surface area contributed by atoms with Gasteiger partial charge in [-0.1, -0.05) is 11.6 Å². The van der Waals surface area contributed by atoms with E-state index in [-0.39, 0.29) is 4.90 Å². The summed E-state index contributed by atoms with van der Waals surface area (Å²) in [4.78, 5) is 21.8. The SMILES string of the molecule is O=C(O)C(F)(F)F.O=C(O)C(F)(F)F.O=S(=O)(c1cccnc1)n1cc(Cl)c2c3c(ccc21)OCCNC3. The highest BCUT2D eigenvalue weighted by atomic mass is 35.5. The van der Waals surface area contributed by atoms with Gasteiger partial charge in [-0.3, -0.25) is 4.98 Å². The molecule has 3 aromatic rings. The van der Waals surface area contributed by atoms with Crippen molar-refractivity contribution in [2.75, 3.05) is 13.2 Å². The molecule has 0 saturated heterocycles. The Bertz CT molecular complexity index is 1390. The van der Waals surface area contributed by atoms with Crippen LogP contribution in [-0.4, -0.2) is 65.0 Å². The number of halogens is 7. The summed E-state index contributed by atoms with van der Waals surface area (Å²) in [5.74, 6) is -4.79. The van der Waals surface area contributed by atoms with Crippen LogP contribution in [0.3, 0.4) is 0 Å². The number of fused-ring (bicyclic) bond motifs is 3. The lowest BCUT2D eigenvalue weighted by molar-refractivity contribution is -0.193. The molecule has 1 aromatic carbocycles. The van der Waals surface area contributed by atoms with Gasteiger partial charge in [0.25, 0.3) is 10.0 Å². The number of benzene rings is 1. The highest BCUT2D eigenvalue weighted by Gasteiger charge is 2.38. The van der Waals surface area contributed by atoms with Crippen molar-refractivity contribution in [3.63, 3.8) is 0 Å². The van der Waals surface area contributed by atoms with E-state index >= 15 is 0 Å². The molecule has 0 radical (unpaired) electrons. The van der Waals surface area contributed by atoms with E-state index in [4.69, 9.17) is 36.1 Å². The van der Waals surface area contributed by atoms with Crippen LogP contribution in [0.5, 0.6) is 5.75 Å². The van der Waals surface area contributed by atoms with E-state index in [9.17, 15) is 34.8 Å². The summed E-state index contributed by atoms with van der Waals surface area (Å²) >= 11 is 6.38. The molecule has 0 saturated carbocycles. The van der Waals surface area contributed by atoms with Crippen molar-refractivity contribution in [3.8, 4) is 5.75 Å². The maximum absolute atomic E-state index is 12.9. The van der Waals surface area contributed by atoms with E-state index in [1.54, 1.807) is 18.2 Å². The zero-order chi connectivity index (χ0) is 28.9. The summed E-state index contributed by atoms with van der Waals surface area (Å²) in [6.45, 7) is 1.86. The minimum atomic E-state index is -5.08. The zero-order valence-corrected chi connectivity index (χ0v) is 20.1. The standard InChI is InChI=1S/C16H14ClN3O3S.2C2HF3O2/c17-13-10-20(24(21,22)11-2-1-5-18-8-11)14-3-4-15-12(16(13)14)9-19-6-7-23-15;2*3-2(4,5)1(6)7/h1-5,8,10,19H,6-7,9H2;2*(H,6,7).